The van der Waals surface area contributed by atoms with Crippen molar-refractivity contribution in [3.8, 4) is 69.0 Å². The van der Waals surface area contributed by atoms with Crippen LogP contribution in [0, 0.1) is 0 Å². The van der Waals surface area contributed by atoms with Gasteiger partial charge < -0.3 is 65.5 Å². The van der Waals surface area contributed by atoms with Gasteiger partial charge in [0, 0.05) is 120 Å². The van der Waals surface area contributed by atoms with Crippen LogP contribution >= 0.6 is 0 Å². The summed E-state index contributed by atoms with van der Waals surface area (Å²) in [6.07, 6.45) is 10.1. The van der Waals surface area contributed by atoms with Gasteiger partial charge in [-0.3, -0.25) is 33.2 Å². The second kappa shape index (κ2) is 42.1. The van der Waals surface area contributed by atoms with E-state index in [0.717, 1.165) is 34.1 Å². The summed E-state index contributed by atoms with van der Waals surface area (Å²) in [5, 5.41) is 22.3. The van der Waals surface area contributed by atoms with Crippen molar-refractivity contribution in [2.45, 2.75) is 29.4 Å². The first-order chi connectivity index (χ1) is 61.8. The molecular weight excluding hydrogens is 1720 g/mol. The molecule has 128 heavy (non-hydrogen) atoms. The molecule has 0 saturated heterocycles. The molecule has 15 rings (SSSR count). The number of ether oxygens (including phenoxy) is 7. The van der Waals surface area contributed by atoms with Crippen molar-refractivity contribution < 1.29 is 122 Å². The van der Waals surface area contributed by atoms with Crippen molar-refractivity contribution in [1.82, 2.24) is 0 Å². The number of hydrogen-bond donors (Lipinski definition) is 6. The number of carbonyl (C=O) groups is 10. The molecule has 35 heteroatoms. The summed E-state index contributed by atoms with van der Waals surface area (Å²) in [6.45, 7) is 0. The molecule has 0 spiro atoms. The fourth-order valence-corrected chi connectivity index (χ4v) is 15.2. The van der Waals surface area contributed by atoms with Crippen molar-refractivity contribution in [2.75, 3.05) is 39.1 Å². The molecule has 0 fully saturated rings. The van der Waals surface area contributed by atoms with E-state index >= 15 is 0 Å². The van der Waals surface area contributed by atoms with Gasteiger partial charge in [-0.05, 0) is 218 Å². The molecule has 3 aliphatic heterocycles. The number of aliphatic carboxylic acids is 2. The highest BCUT2D eigenvalue weighted by atomic mass is 32.2. The Morgan fingerprint density at radius 3 is 0.781 bits per heavy atom. The zero-order valence-electron chi connectivity index (χ0n) is 67.1. The zero-order chi connectivity index (χ0) is 92.4. The van der Waals surface area contributed by atoms with Crippen LogP contribution in [0.15, 0.2) is 381 Å². The topological polar surface area (TPSA) is 461 Å². The van der Waals surface area contributed by atoms with Crippen LogP contribution in [0.4, 0.5) is 38.5 Å². The first-order valence-electron chi connectivity index (χ1n) is 37.9. The van der Waals surface area contributed by atoms with Gasteiger partial charge in [-0.25, -0.2) is 54.2 Å². The summed E-state index contributed by atoms with van der Waals surface area (Å²) in [7, 11) is -12.4. The van der Waals surface area contributed by atoms with Crippen LogP contribution in [0.3, 0.4) is 0 Å². The highest BCUT2D eigenvalue weighted by molar-refractivity contribution is 7.92. The van der Waals surface area contributed by atoms with E-state index in [1.165, 1.54) is 170 Å². The van der Waals surface area contributed by atoms with E-state index in [9.17, 15) is 77.6 Å². The van der Waals surface area contributed by atoms with Crippen LogP contribution in [-0.4, -0.2) is 102 Å². The number of hydrogen-bond acceptors (Lipinski definition) is 25. The number of carboxylic acids is 2. The number of halogens is 1. The lowest BCUT2D eigenvalue weighted by Gasteiger charge is -2.15. The average Bonchev–Trinajstić information content (AvgIpc) is 1.76. The van der Waals surface area contributed by atoms with Crippen LogP contribution in [-0.2, 0) is 82.2 Å². The zero-order valence-corrected chi connectivity index (χ0v) is 68.6. The molecule has 0 radical (unpaired) electrons. The summed E-state index contributed by atoms with van der Waals surface area (Å²) >= 11 is 0. The Bertz CT molecular complexity index is 6360. The van der Waals surface area contributed by atoms with E-state index in [1.807, 2.05) is 0 Å². The predicted octanol–water partition coefficient (Wildman–Crippen LogP) is 15.7. The minimum Gasteiger partial charge on any atom is -0.478 e. The smallest absolute Gasteiger partial charge is 0.338 e. The summed E-state index contributed by atoms with van der Waals surface area (Å²) in [4.78, 5) is 115. The summed E-state index contributed by atoms with van der Waals surface area (Å²) in [5.41, 5.74) is 14.1. The SMILES string of the molecule is Nc1cccc(Oc2ccc(S(=O)(=O)c3ccc(Oc4cccc(N)c4)cc3)cc2)c1.O=C(O)/C=C/C(=O)Nc1cccc(Oc2ccc(S(=O)(=O)c3ccc(Oc4cccc(NC(=O)/C=C/C(=O)O)c4)cc3)cc2)c1.O=C1C=CC(=O)N1c1cccc(Oc2ccc(S(=O)(=O)c3ccc(Oc4cccc(N5C(=O)C=CC5=O)c4)cc3)cc2)c1.O=C1C=CC(=O)O1.[2H]CF. The Hall–Kier alpha value is -17.2. The summed E-state index contributed by atoms with van der Waals surface area (Å²) < 4.78 is 133. The molecule has 8 N–H and O–H groups in total. The number of amides is 6. The number of nitrogen functional groups attached to an aromatic ring is 2. The summed E-state index contributed by atoms with van der Waals surface area (Å²) in [6, 6.07) is 75.2. The minimum atomic E-state index is -3.88. The Labute approximate surface area is 730 Å². The van der Waals surface area contributed by atoms with Crippen molar-refractivity contribution in [1.29, 1.82) is 0 Å². The number of nitrogens with two attached hydrogens (primary N) is 2. The number of esters is 2. The molecule has 3 aliphatic rings. The lowest BCUT2D eigenvalue weighted by molar-refractivity contribution is -0.150. The lowest BCUT2D eigenvalue weighted by atomic mass is 10.2. The predicted molar refractivity (Wildman–Crippen MR) is 464 cm³/mol. The third kappa shape index (κ3) is 25.3. The third-order valence-corrected chi connectivity index (χ3v) is 22.6. The third-order valence-electron chi connectivity index (χ3n) is 17.2. The fourth-order valence-electron chi connectivity index (χ4n) is 11.4. The number of carbonyl (C=O) groups excluding carboxylic acids is 8. The Morgan fingerprint density at radius 2 is 0.555 bits per heavy atom. The monoisotopic (exact) mass is 1790 g/mol. The van der Waals surface area contributed by atoms with Crippen molar-refractivity contribution >= 4 is 123 Å². The molecular formula is C93H69FN6O25S3. The molecule has 646 valence electrons. The van der Waals surface area contributed by atoms with Gasteiger partial charge in [0.2, 0.25) is 41.3 Å². The Morgan fingerprint density at radius 1 is 0.328 bits per heavy atom. The molecule has 0 saturated carbocycles. The quantitative estimate of drug-likeness (QED) is 0.00964. The van der Waals surface area contributed by atoms with Gasteiger partial charge in [0.25, 0.3) is 23.6 Å². The highest BCUT2D eigenvalue weighted by Gasteiger charge is 2.28. The number of alkyl halides is 1. The largest absolute Gasteiger partial charge is 0.478 e. The van der Waals surface area contributed by atoms with Crippen LogP contribution in [0.25, 0.3) is 0 Å². The second-order valence-electron chi connectivity index (χ2n) is 26.2. The fraction of sp³-hybridized carbons (Fsp3) is 0.0108. The lowest BCUT2D eigenvalue weighted by Crippen LogP contribution is -2.29. The molecule has 3 heterocycles. The second-order valence-corrected chi connectivity index (χ2v) is 32.1. The molecule has 0 unspecified atom stereocenters. The normalized spacial score (nSPS) is 12.6. The van der Waals surface area contributed by atoms with Crippen molar-refractivity contribution in [3.63, 3.8) is 0 Å². The minimum absolute atomic E-state index is 0.0233. The molecule has 31 nitrogen and oxygen atoms in total. The molecule has 12 aromatic carbocycles. The van der Waals surface area contributed by atoms with Crippen molar-refractivity contribution in [2.24, 2.45) is 0 Å². The first-order valence-corrected chi connectivity index (χ1v) is 41.6. The van der Waals surface area contributed by atoms with E-state index in [2.05, 4.69) is 15.4 Å². The van der Waals surface area contributed by atoms with E-state index in [4.69, 9.17) is 51.5 Å². The highest BCUT2D eigenvalue weighted by Crippen LogP contribution is 2.36. The molecule has 0 aliphatic carbocycles. The van der Waals surface area contributed by atoms with E-state index in [0.29, 0.717) is 115 Å². The molecule has 0 bridgehead atoms. The van der Waals surface area contributed by atoms with Crippen molar-refractivity contribution in [3.05, 3.63) is 352 Å². The summed E-state index contributed by atoms with van der Waals surface area (Å²) in [5.74, 6) is -1.75. The number of imide groups is 2. The number of nitrogens with one attached hydrogen (secondary N) is 2. The number of rotatable bonds is 26. The molecule has 6 amide bonds. The van der Waals surface area contributed by atoms with E-state index in [-0.39, 0.29) is 29.4 Å². The van der Waals surface area contributed by atoms with Gasteiger partial charge in [0.05, 0.1) is 49.3 Å². The maximum atomic E-state index is 13.2. The van der Waals surface area contributed by atoms with Crippen LogP contribution in [0.2, 0.25) is 0 Å². The number of nitrogens with zero attached hydrogens (tertiary/aromatic N) is 2. The van der Waals surface area contributed by atoms with Crippen LogP contribution in [0.5, 0.6) is 69.0 Å². The maximum absolute atomic E-state index is 13.2. The number of cyclic esters (lactones) is 2. The van der Waals surface area contributed by atoms with Gasteiger partial charge >= 0.3 is 23.9 Å². The number of sulfone groups is 3. The van der Waals surface area contributed by atoms with Gasteiger partial charge in [-0.15, -0.1) is 0 Å². The maximum Gasteiger partial charge on any atom is 0.338 e. The first kappa shape index (κ1) is 90.1. The molecule has 12 aromatic rings. The van der Waals surface area contributed by atoms with Gasteiger partial charge in [0.1, 0.15) is 69.0 Å². The molecule has 0 atom stereocenters. The standard InChI is InChI=1S/C32H24N2O10S.C32H20N2O8S.C24H20N2O4S.C4H2O3.CH3F/c35-29(15-17-31(37)38)33-21-3-1-5-25(19-21)43-23-7-11-27(12-8-23)45(41,42)28-13-9-24(10-14-28)44-26-6-2-4-22(20-26)34-30(36)16-18-32(39)40;35-29-15-16-30(36)33(29)21-3-1-5-25(19-21)41-23-7-11-27(12-8-23)43(39,40)28-13-9-24(10-14-28)42-26-6-2-4-22(20-26)34-31(37)17-18-32(34)38;25-17-3-1-5-21(15-17)29-19-7-11-23(12-8-19)31(27,28)24-13-9-20(10-14-24)30-22-6-2-4-18(26)16-22;5-3-1-2-4(6)7-3;1-2/h1-20H,(H,33,35)(H,34,36)(H,37,38)(H,39,40);1-20H;1-16H,25-26H2;1-2H;1H3/b17-15+,18-16+;;;;/i;;;;1D. The molecule has 0 aromatic heterocycles. The number of carboxylic acid groups (broad SMARTS) is 2. The van der Waals surface area contributed by atoms with Crippen LogP contribution in [0.1, 0.15) is 1.37 Å². The number of benzene rings is 12. The Kier molecular flexibility index (Phi) is 29.6. The van der Waals surface area contributed by atoms with Crippen LogP contribution < -0.4 is 60.3 Å². The van der Waals surface area contributed by atoms with E-state index in [1.54, 1.807) is 146 Å². The van der Waals surface area contributed by atoms with Gasteiger partial charge in [-0.2, -0.15) is 0 Å². The number of anilines is 6. The van der Waals surface area contributed by atoms with Gasteiger partial charge in [0.15, 0.2) is 0 Å². The van der Waals surface area contributed by atoms with E-state index < -0.39 is 96.0 Å². The Balaban J connectivity index is 0.000000180. The average molecular weight is 1790 g/mol. The van der Waals surface area contributed by atoms with Gasteiger partial charge in [-0.1, -0.05) is 36.4 Å².